The van der Waals surface area contributed by atoms with Crippen molar-refractivity contribution in [1.29, 1.82) is 0 Å². The van der Waals surface area contributed by atoms with Crippen LogP contribution in [0.4, 0.5) is 4.39 Å². The zero-order valence-electron chi connectivity index (χ0n) is 14.1. The summed E-state index contributed by atoms with van der Waals surface area (Å²) in [6, 6.07) is 16.0. The standard InChI is InChI=1S/C20H17FN2O3/c1-22-19(24)15-4-2-13(3-5-15)12-23-20(25)18-11-10-17(26-18)14-6-8-16(21)9-7-14/h2-11H,12H2,1H3,(H,22,24)(H,23,25). The molecule has 0 unspecified atom stereocenters. The fraction of sp³-hybridized carbons (Fsp3) is 0.100. The van der Waals surface area contributed by atoms with E-state index in [1.807, 2.05) is 0 Å². The van der Waals surface area contributed by atoms with Crippen LogP contribution >= 0.6 is 0 Å². The summed E-state index contributed by atoms with van der Waals surface area (Å²) in [6.45, 7) is 0.305. The Morgan fingerprint density at radius 1 is 0.923 bits per heavy atom. The van der Waals surface area contributed by atoms with Crippen LogP contribution in [-0.2, 0) is 6.54 Å². The summed E-state index contributed by atoms with van der Waals surface area (Å²) in [4.78, 5) is 23.7. The second kappa shape index (κ2) is 7.65. The molecule has 0 saturated heterocycles. The summed E-state index contributed by atoms with van der Waals surface area (Å²) >= 11 is 0. The number of amides is 2. The molecule has 2 N–H and O–H groups in total. The van der Waals surface area contributed by atoms with Gasteiger partial charge in [0.15, 0.2) is 5.76 Å². The van der Waals surface area contributed by atoms with Crippen molar-refractivity contribution in [3.05, 3.63) is 83.4 Å². The highest BCUT2D eigenvalue weighted by atomic mass is 19.1. The second-order valence-corrected chi connectivity index (χ2v) is 5.63. The average Bonchev–Trinajstić information content (AvgIpc) is 3.16. The number of hydrogen-bond donors (Lipinski definition) is 2. The van der Waals surface area contributed by atoms with E-state index in [0.717, 1.165) is 5.56 Å². The fourth-order valence-corrected chi connectivity index (χ4v) is 2.42. The first-order chi connectivity index (χ1) is 12.6. The Bertz CT molecular complexity index is 915. The van der Waals surface area contributed by atoms with E-state index in [9.17, 15) is 14.0 Å². The fourth-order valence-electron chi connectivity index (χ4n) is 2.42. The number of hydrogen-bond acceptors (Lipinski definition) is 3. The topological polar surface area (TPSA) is 71.3 Å². The third-order valence-electron chi connectivity index (χ3n) is 3.85. The predicted molar refractivity (Wildman–Crippen MR) is 95.1 cm³/mol. The van der Waals surface area contributed by atoms with Crippen LogP contribution in [0.1, 0.15) is 26.5 Å². The van der Waals surface area contributed by atoms with Gasteiger partial charge < -0.3 is 15.1 Å². The van der Waals surface area contributed by atoms with Gasteiger partial charge in [0.2, 0.25) is 0 Å². The largest absolute Gasteiger partial charge is 0.451 e. The molecule has 0 bridgehead atoms. The van der Waals surface area contributed by atoms with E-state index in [2.05, 4.69) is 10.6 Å². The van der Waals surface area contributed by atoms with Crippen LogP contribution in [0.2, 0.25) is 0 Å². The third-order valence-corrected chi connectivity index (χ3v) is 3.85. The van der Waals surface area contributed by atoms with Gasteiger partial charge in [-0.1, -0.05) is 12.1 Å². The zero-order chi connectivity index (χ0) is 18.5. The van der Waals surface area contributed by atoms with Gasteiger partial charge >= 0.3 is 0 Å². The minimum Gasteiger partial charge on any atom is -0.451 e. The number of carbonyl (C=O) groups is 2. The summed E-state index contributed by atoms with van der Waals surface area (Å²) in [5.74, 6) is -0.185. The summed E-state index contributed by atoms with van der Waals surface area (Å²) in [6.07, 6.45) is 0. The molecular weight excluding hydrogens is 335 g/mol. The van der Waals surface area contributed by atoms with E-state index >= 15 is 0 Å². The van der Waals surface area contributed by atoms with Crippen LogP contribution in [0.15, 0.2) is 65.1 Å². The number of nitrogens with one attached hydrogen (secondary N) is 2. The quantitative estimate of drug-likeness (QED) is 0.739. The van der Waals surface area contributed by atoms with Gasteiger partial charge in [-0.25, -0.2) is 4.39 Å². The monoisotopic (exact) mass is 352 g/mol. The molecule has 1 aromatic heterocycles. The van der Waals surface area contributed by atoms with Crippen molar-refractivity contribution in [1.82, 2.24) is 10.6 Å². The lowest BCUT2D eigenvalue weighted by Gasteiger charge is -2.05. The van der Waals surface area contributed by atoms with Crippen LogP contribution in [0.3, 0.4) is 0 Å². The van der Waals surface area contributed by atoms with Gasteiger partial charge in [0.05, 0.1) is 0 Å². The maximum absolute atomic E-state index is 13.0. The molecule has 26 heavy (non-hydrogen) atoms. The summed E-state index contributed by atoms with van der Waals surface area (Å²) in [5.41, 5.74) is 2.10. The molecule has 2 aromatic carbocycles. The molecule has 0 radical (unpaired) electrons. The molecule has 5 nitrogen and oxygen atoms in total. The first kappa shape index (κ1) is 17.4. The summed E-state index contributed by atoms with van der Waals surface area (Å²) in [5, 5.41) is 5.31. The first-order valence-electron chi connectivity index (χ1n) is 8.02. The van der Waals surface area contributed by atoms with Crippen molar-refractivity contribution in [3.63, 3.8) is 0 Å². The highest BCUT2D eigenvalue weighted by Crippen LogP contribution is 2.22. The maximum Gasteiger partial charge on any atom is 0.287 e. The second-order valence-electron chi connectivity index (χ2n) is 5.63. The van der Waals surface area contributed by atoms with Crippen LogP contribution in [0.25, 0.3) is 11.3 Å². The van der Waals surface area contributed by atoms with E-state index in [1.165, 1.54) is 12.1 Å². The molecule has 0 aliphatic rings. The number of benzene rings is 2. The van der Waals surface area contributed by atoms with Gasteiger partial charge in [-0.3, -0.25) is 9.59 Å². The Labute approximate surface area is 149 Å². The van der Waals surface area contributed by atoms with Crippen LogP contribution in [-0.4, -0.2) is 18.9 Å². The first-order valence-corrected chi connectivity index (χ1v) is 8.02. The average molecular weight is 352 g/mol. The Hall–Kier alpha value is -3.41. The molecule has 6 heteroatoms. The number of halogens is 1. The van der Waals surface area contributed by atoms with Gasteiger partial charge in [0, 0.05) is 24.7 Å². The van der Waals surface area contributed by atoms with E-state index in [4.69, 9.17) is 4.42 Å². The van der Waals surface area contributed by atoms with Gasteiger partial charge in [-0.05, 0) is 54.1 Å². The van der Waals surface area contributed by atoms with E-state index in [-0.39, 0.29) is 23.4 Å². The Kier molecular flexibility index (Phi) is 5.12. The number of rotatable bonds is 5. The van der Waals surface area contributed by atoms with Crippen molar-refractivity contribution in [2.45, 2.75) is 6.54 Å². The molecule has 0 saturated carbocycles. The van der Waals surface area contributed by atoms with Crippen molar-refractivity contribution in [2.24, 2.45) is 0 Å². The zero-order valence-corrected chi connectivity index (χ0v) is 14.1. The lowest BCUT2D eigenvalue weighted by Crippen LogP contribution is -2.22. The summed E-state index contributed by atoms with van der Waals surface area (Å²) in [7, 11) is 1.57. The smallest absolute Gasteiger partial charge is 0.287 e. The molecule has 132 valence electrons. The van der Waals surface area contributed by atoms with E-state index in [1.54, 1.807) is 55.6 Å². The minimum atomic E-state index is -0.353. The normalized spacial score (nSPS) is 10.4. The highest BCUT2D eigenvalue weighted by Gasteiger charge is 2.12. The van der Waals surface area contributed by atoms with Crippen LogP contribution < -0.4 is 10.6 Å². The predicted octanol–water partition coefficient (Wildman–Crippen LogP) is 3.38. The lowest BCUT2D eigenvalue weighted by atomic mass is 10.1. The van der Waals surface area contributed by atoms with Crippen molar-refractivity contribution < 1.29 is 18.4 Å². The Balaban J connectivity index is 1.62. The molecular formula is C20H17FN2O3. The van der Waals surface area contributed by atoms with Gasteiger partial charge in [0.25, 0.3) is 11.8 Å². The third kappa shape index (κ3) is 3.97. The van der Waals surface area contributed by atoms with Crippen molar-refractivity contribution in [3.8, 4) is 11.3 Å². The Morgan fingerprint density at radius 2 is 1.62 bits per heavy atom. The highest BCUT2D eigenvalue weighted by molar-refractivity contribution is 5.94. The van der Waals surface area contributed by atoms with Crippen molar-refractivity contribution >= 4 is 11.8 Å². The molecule has 0 spiro atoms. The molecule has 2 amide bonds. The van der Waals surface area contributed by atoms with Gasteiger partial charge in [0.1, 0.15) is 11.6 Å². The molecule has 0 aliphatic carbocycles. The number of furan rings is 1. The van der Waals surface area contributed by atoms with E-state index in [0.29, 0.717) is 23.4 Å². The van der Waals surface area contributed by atoms with Gasteiger partial charge in [-0.15, -0.1) is 0 Å². The molecule has 1 heterocycles. The maximum atomic E-state index is 13.0. The molecule has 3 aromatic rings. The van der Waals surface area contributed by atoms with Crippen LogP contribution in [0.5, 0.6) is 0 Å². The molecule has 0 atom stereocenters. The van der Waals surface area contributed by atoms with Gasteiger partial charge in [-0.2, -0.15) is 0 Å². The lowest BCUT2D eigenvalue weighted by molar-refractivity contribution is 0.0922. The Morgan fingerprint density at radius 3 is 2.27 bits per heavy atom. The molecule has 0 aliphatic heterocycles. The SMILES string of the molecule is CNC(=O)c1ccc(CNC(=O)c2ccc(-c3ccc(F)cc3)o2)cc1. The van der Waals surface area contributed by atoms with E-state index < -0.39 is 0 Å². The van der Waals surface area contributed by atoms with Crippen molar-refractivity contribution in [2.75, 3.05) is 7.05 Å². The summed E-state index contributed by atoms with van der Waals surface area (Å²) < 4.78 is 18.5. The van der Waals surface area contributed by atoms with Crippen LogP contribution in [0, 0.1) is 5.82 Å². The number of carbonyl (C=O) groups excluding carboxylic acids is 2. The molecule has 0 fully saturated rings. The molecule has 3 rings (SSSR count). The minimum absolute atomic E-state index is 0.163.